The second-order valence-electron chi connectivity index (χ2n) is 6.22. The smallest absolute Gasteiger partial charge is 0.309 e. The van der Waals surface area contributed by atoms with Crippen LogP contribution in [0.25, 0.3) is 0 Å². The predicted molar refractivity (Wildman–Crippen MR) is 91.8 cm³/mol. The van der Waals surface area contributed by atoms with Gasteiger partial charge in [0.1, 0.15) is 5.69 Å². The predicted octanol–water partition coefficient (Wildman–Crippen LogP) is 3.57. The van der Waals surface area contributed by atoms with Crippen LogP contribution >= 0.6 is 0 Å². The van der Waals surface area contributed by atoms with Gasteiger partial charge in [-0.2, -0.15) is 5.10 Å². The molecule has 0 spiro atoms. The second kappa shape index (κ2) is 8.18. The monoisotopic (exact) mass is 352 g/mol. The standard InChI is InChI=1S/C15H20N4O6/c1-10(5-4-8-15(2,3)14(20)21)16-17-12-7-6-11(18(22)23)9-13(12)19(24)25/h6-7,9,17H,4-5,8H2,1-3H3,(H,20,21). The molecule has 0 unspecified atom stereocenters. The number of hydrogen-bond acceptors (Lipinski definition) is 7. The molecule has 0 aliphatic heterocycles. The molecule has 25 heavy (non-hydrogen) atoms. The number of nitrogens with one attached hydrogen (secondary N) is 1. The molecular weight excluding hydrogens is 332 g/mol. The zero-order valence-corrected chi connectivity index (χ0v) is 14.2. The van der Waals surface area contributed by atoms with Crippen molar-refractivity contribution in [1.82, 2.24) is 0 Å². The highest BCUT2D eigenvalue weighted by Gasteiger charge is 2.26. The average Bonchev–Trinajstić information content (AvgIpc) is 2.52. The molecule has 0 fully saturated rings. The minimum atomic E-state index is -0.873. The molecule has 0 saturated heterocycles. The molecule has 0 aliphatic carbocycles. The molecule has 0 saturated carbocycles. The Morgan fingerprint density at radius 1 is 1.28 bits per heavy atom. The maximum atomic E-state index is 11.0. The third-order valence-corrected chi connectivity index (χ3v) is 3.68. The summed E-state index contributed by atoms with van der Waals surface area (Å²) in [7, 11) is 0. The molecule has 10 nitrogen and oxygen atoms in total. The van der Waals surface area contributed by atoms with E-state index >= 15 is 0 Å². The van der Waals surface area contributed by atoms with Gasteiger partial charge in [0.15, 0.2) is 0 Å². The Kier molecular flexibility index (Phi) is 6.54. The Hall–Kier alpha value is -3.04. The lowest BCUT2D eigenvalue weighted by molar-refractivity contribution is -0.393. The minimum absolute atomic E-state index is 0.0424. The van der Waals surface area contributed by atoms with Gasteiger partial charge in [-0.3, -0.25) is 30.4 Å². The quantitative estimate of drug-likeness (QED) is 0.392. The highest BCUT2D eigenvalue weighted by molar-refractivity contribution is 5.83. The zero-order chi connectivity index (χ0) is 19.2. The minimum Gasteiger partial charge on any atom is -0.481 e. The summed E-state index contributed by atoms with van der Waals surface area (Å²) in [5.74, 6) is -0.873. The Bertz CT molecular complexity index is 714. The zero-order valence-electron chi connectivity index (χ0n) is 14.2. The van der Waals surface area contributed by atoms with Gasteiger partial charge in [-0.1, -0.05) is 0 Å². The van der Waals surface area contributed by atoms with Crippen molar-refractivity contribution in [1.29, 1.82) is 0 Å². The molecule has 2 N–H and O–H groups in total. The van der Waals surface area contributed by atoms with E-state index in [0.717, 1.165) is 12.1 Å². The van der Waals surface area contributed by atoms with Gasteiger partial charge in [0.2, 0.25) is 0 Å². The lowest BCUT2D eigenvalue weighted by Crippen LogP contribution is -2.23. The largest absolute Gasteiger partial charge is 0.481 e. The molecule has 10 heteroatoms. The number of benzene rings is 1. The van der Waals surface area contributed by atoms with Crippen LogP contribution in [-0.2, 0) is 4.79 Å². The molecule has 1 aromatic carbocycles. The molecule has 136 valence electrons. The van der Waals surface area contributed by atoms with Crippen molar-refractivity contribution in [2.24, 2.45) is 10.5 Å². The maximum Gasteiger partial charge on any atom is 0.309 e. The molecular formula is C15H20N4O6. The fourth-order valence-corrected chi connectivity index (χ4v) is 1.98. The van der Waals surface area contributed by atoms with Crippen LogP contribution in [0, 0.1) is 25.6 Å². The van der Waals surface area contributed by atoms with Crippen LogP contribution in [0.4, 0.5) is 17.1 Å². The first-order chi connectivity index (χ1) is 11.5. The van der Waals surface area contributed by atoms with E-state index in [9.17, 15) is 25.0 Å². The number of carboxylic acids is 1. The van der Waals surface area contributed by atoms with Crippen molar-refractivity contribution in [3.05, 3.63) is 38.4 Å². The molecule has 1 rings (SSSR count). The highest BCUT2D eigenvalue weighted by atomic mass is 16.6. The normalized spacial score (nSPS) is 11.9. The first-order valence-electron chi connectivity index (χ1n) is 7.50. The van der Waals surface area contributed by atoms with E-state index in [-0.39, 0.29) is 11.4 Å². The van der Waals surface area contributed by atoms with Crippen molar-refractivity contribution in [3.63, 3.8) is 0 Å². The molecule has 0 bridgehead atoms. The Morgan fingerprint density at radius 2 is 1.92 bits per heavy atom. The Balaban J connectivity index is 2.75. The number of anilines is 1. The Morgan fingerprint density at radius 3 is 2.44 bits per heavy atom. The summed E-state index contributed by atoms with van der Waals surface area (Å²) in [6.07, 6.45) is 1.58. The first kappa shape index (κ1) is 20.0. The average molecular weight is 352 g/mol. The number of nitrogens with zero attached hydrogens (tertiary/aromatic N) is 3. The van der Waals surface area contributed by atoms with E-state index in [1.807, 2.05) is 0 Å². The molecule has 1 aromatic rings. The van der Waals surface area contributed by atoms with Crippen LogP contribution in [0.5, 0.6) is 0 Å². The van der Waals surface area contributed by atoms with E-state index in [4.69, 9.17) is 5.11 Å². The molecule has 0 aliphatic rings. The third kappa shape index (κ3) is 5.83. The fourth-order valence-electron chi connectivity index (χ4n) is 1.98. The third-order valence-electron chi connectivity index (χ3n) is 3.68. The van der Waals surface area contributed by atoms with Gasteiger partial charge >= 0.3 is 11.7 Å². The molecule has 0 heterocycles. The second-order valence-corrected chi connectivity index (χ2v) is 6.22. The van der Waals surface area contributed by atoms with Gasteiger partial charge < -0.3 is 5.11 Å². The number of hydrazone groups is 1. The van der Waals surface area contributed by atoms with Crippen LogP contribution < -0.4 is 5.43 Å². The molecule has 0 amide bonds. The highest BCUT2D eigenvalue weighted by Crippen LogP contribution is 2.29. The van der Waals surface area contributed by atoms with Gasteiger partial charge in [0.25, 0.3) is 5.69 Å². The van der Waals surface area contributed by atoms with E-state index in [1.54, 1.807) is 20.8 Å². The summed E-state index contributed by atoms with van der Waals surface area (Å²) in [5.41, 5.74) is 1.56. The molecule has 0 radical (unpaired) electrons. The van der Waals surface area contributed by atoms with Crippen LogP contribution in [0.15, 0.2) is 23.3 Å². The summed E-state index contributed by atoms with van der Waals surface area (Å²) in [5, 5.41) is 34.8. The number of non-ortho nitro benzene ring substituents is 1. The summed E-state index contributed by atoms with van der Waals surface area (Å²) < 4.78 is 0. The van der Waals surface area contributed by atoms with Crippen molar-refractivity contribution < 1.29 is 19.7 Å². The lowest BCUT2D eigenvalue weighted by atomic mass is 9.87. The van der Waals surface area contributed by atoms with Gasteiger partial charge in [0, 0.05) is 11.8 Å². The Labute approximate surface area is 143 Å². The van der Waals surface area contributed by atoms with Crippen molar-refractivity contribution in [2.75, 3.05) is 5.43 Å². The summed E-state index contributed by atoms with van der Waals surface area (Å²) >= 11 is 0. The number of carboxylic acid groups (broad SMARTS) is 1. The van der Waals surface area contributed by atoms with Gasteiger partial charge in [-0.05, 0) is 46.1 Å². The van der Waals surface area contributed by atoms with E-state index < -0.39 is 26.9 Å². The maximum absolute atomic E-state index is 11.0. The fraction of sp³-hybridized carbons (Fsp3) is 0.467. The van der Waals surface area contributed by atoms with Gasteiger partial charge in [-0.15, -0.1) is 0 Å². The number of rotatable bonds is 9. The molecule has 0 atom stereocenters. The number of nitro benzene ring substituents is 2. The summed E-state index contributed by atoms with van der Waals surface area (Å²) in [4.78, 5) is 31.3. The van der Waals surface area contributed by atoms with Crippen molar-refractivity contribution in [2.45, 2.75) is 40.0 Å². The van der Waals surface area contributed by atoms with Crippen LogP contribution in [-0.4, -0.2) is 26.6 Å². The topological polar surface area (TPSA) is 148 Å². The van der Waals surface area contributed by atoms with E-state index in [0.29, 0.717) is 25.0 Å². The number of hydrogen-bond donors (Lipinski definition) is 2. The number of aliphatic carboxylic acids is 1. The van der Waals surface area contributed by atoms with E-state index in [2.05, 4.69) is 10.5 Å². The van der Waals surface area contributed by atoms with E-state index in [1.165, 1.54) is 6.07 Å². The summed E-state index contributed by atoms with van der Waals surface area (Å²) in [6, 6.07) is 3.23. The summed E-state index contributed by atoms with van der Waals surface area (Å²) in [6.45, 7) is 4.98. The number of nitro groups is 2. The lowest BCUT2D eigenvalue weighted by Gasteiger charge is -2.18. The van der Waals surface area contributed by atoms with Crippen molar-refractivity contribution >= 4 is 28.7 Å². The van der Waals surface area contributed by atoms with Gasteiger partial charge in [0.05, 0.1) is 21.3 Å². The number of carbonyl (C=O) groups is 1. The van der Waals surface area contributed by atoms with Gasteiger partial charge in [-0.25, -0.2) is 0 Å². The SMILES string of the molecule is CC(CCCC(C)(C)C(=O)O)=NNc1ccc([N+](=O)[O-])cc1[N+](=O)[O-]. The van der Waals surface area contributed by atoms with Crippen LogP contribution in [0.2, 0.25) is 0 Å². The van der Waals surface area contributed by atoms with Crippen LogP contribution in [0.3, 0.4) is 0 Å². The molecule has 0 aromatic heterocycles. The van der Waals surface area contributed by atoms with Crippen molar-refractivity contribution in [3.8, 4) is 0 Å². The van der Waals surface area contributed by atoms with Crippen LogP contribution in [0.1, 0.15) is 40.0 Å². The first-order valence-corrected chi connectivity index (χ1v) is 7.50.